The first-order valence-corrected chi connectivity index (χ1v) is 17.4. The predicted molar refractivity (Wildman–Crippen MR) is 191 cm³/mol. The van der Waals surface area contributed by atoms with Crippen LogP contribution in [-0.2, 0) is 30.5 Å². The van der Waals surface area contributed by atoms with E-state index < -0.39 is 41.1 Å². The van der Waals surface area contributed by atoms with E-state index in [1.807, 2.05) is 65.6 Å². The molecule has 1 aliphatic heterocycles. The highest BCUT2D eigenvalue weighted by Gasteiger charge is 2.35. The molecule has 1 aliphatic rings. The van der Waals surface area contributed by atoms with Crippen LogP contribution in [0.25, 0.3) is 0 Å². The number of piperidine rings is 1. The molecule has 3 N–H and O–H groups in total. The van der Waals surface area contributed by atoms with Crippen molar-refractivity contribution in [1.82, 2.24) is 25.1 Å². The van der Waals surface area contributed by atoms with Gasteiger partial charge in [0, 0.05) is 19.3 Å². The number of aromatic nitrogens is 2. The van der Waals surface area contributed by atoms with Crippen LogP contribution in [0.1, 0.15) is 84.4 Å². The number of alkyl carbamates (subject to hydrolysis) is 1. The molecule has 1 saturated heterocycles. The summed E-state index contributed by atoms with van der Waals surface area (Å²) in [5.74, 6) is -0.377. The molecule has 4 rings (SSSR count). The summed E-state index contributed by atoms with van der Waals surface area (Å²) in [6.45, 7) is 11.8. The Labute approximate surface area is 295 Å². The minimum absolute atomic E-state index is 0.0272. The van der Waals surface area contributed by atoms with Gasteiger partial charge in [-0.1, -0.05) is 80.4 Å². The quantitative estimate of drug-likeness (QED) is 0.204. The zero-order valence-electron chi connectivity index (χ0n) is 30.1. The van der Waals surface area contributed by atoms with Crippen molar-refractivity contribution in [3.8, 4) is 0 Å². The average molecular weight is 689 g/mol. The number of imidazole rings is 1. The van der Waals surface area contributed by atoms with E-state index in [-0.39, 0.29) is 24.9 Å². The highest BCUT2D eigenvalue weighted by molar-refractivity contribution is 5.98. The predicted octanol–water partition coefficient (Wildman–Crippen LogP) is 5.45. The molecular weight excluding hydrogens is 636 g/mol. The lowest BCUT2D eigenvalue weighted by Gasteiger charge is -2.34. The summed E-state index contributed by atoms with van der Waals surface area (Å²) >= 11 is 0. The highest BCUT2D eigenvalue weighted by atomic mass is 16.6. The van der Waals surface area contributed by atoms with Crippen molar-refractivity contribution in [2.45, 2.75) is 97.1 Å². The summed E-state index contributed by atoms with van der Waals surface area (Å²) in [5.41, 5.74) is -0.475. The van der Waals surface area contributed by atoms with E-state index in [1.165, 1.54) is 26.6 Å². The number of likely N-dealkylation sites (tertiary alicyclic amines) is 1. The van der Waals surface area contributed by atoms with Gasteiger partial charge < -0.3 is 34.9 Å². The molecule has 270 valence electrons. The van der Waals surface area contributed by atoms with Gasteiger partial charge in [-0.3, -0.25) is 14.4 Å². The smallest absolute Gasteiger partial charge is 0.408 e. The molecular formula is C38H52N6O6. The van der Waals surface area contributed by atoms with Gasteiger partial charge in [0.05, 0.1) is 19.5 Å². The number of hydrogen-bond donors (Lipinski definition) is 3. The monoisotopic (exact) mass is 688 g/mol. The Morgan fingerprint density at radius 1 is 0.940 bits per heavy atom. The lowest BCUT2D eigenvalue weighted by molar-refractivity contribution is -0.135. The number of benzene rings is 2. The lowest BCUT2D eigenvalue weighted by atomic mass is 9.92. The number of carbonyl (C=O) groups is 4. The lowest BCUT2D eigenvalue weighted by Crippen LogP contribution is -2.59. The van der Waals surface area contributed by atoms with E-state index in [4.69, 9.17) is 9.47 Å². The third-order valence-corrected chi connectivity index (χ3v) is 8.52. The maximum Gasteiger partial charge on any atom is 0.408 e. The van der Waals surface area contributed by atoms with E-state index in [0.717, 1.165) is 30.4 Å². The van der Waals surface area contributed by atoms with Gasteiger partial charge in [-0.05, 0) is 64.5 Å². The fraction of sp³-hybridized carbons (Fsp3) is 0.500. The number of nitrogens with one attached hydrogen (secondary N) is 3. The van der Waals surface area contributed by atoms with E-state index in [0.29, 0.717) is 19.0 Å². The number of ether oxygens (including phenoxy) is 2. The second-order valence-corrected chi connectivity index (χ2v) is 14.3. The van der Waals surface area contributed by atoms with Crippen LogP contribution in [0.2, 0.25) is 0 Å². The second kappa shape index (κ2) is 17.3. The average Bonchev–Trinajstić information content (AvgIpc) is 3.52. The maximum atomic E-state index is 14.0. The molecule has 2 heterocycles. The maximum absolute atomic E-state index is 14.0. The van der Waals surface area contributed by atoms with Crippen molar-refractivity contribution in [3.05, 3.63) is 84.3 Å². The van der Waals surface area contributed by atoms with E-state index >= 15 is 0 Å². The number of nitrogens with zero attached hydrogens (tertiary/aromatic N) is 3. The van der Waals surface area contributed by atoms with Gasteiger partial charge in [0.1, 0.15) is 23.2 Å². The first-order chi connectivity index (χ1) is 23.8. The largest absolute Gasteiger partial charge is 0.444 e. The van der Waals surface area contributed by atoms with Crippen LogP contribution < -0.4 is 16.0 Å². The third-order valence-electron chi connectivity index (χ3n) is 8.52. The van der Waals surface area contributed by atoms with Crippen LogP contribution in [0.3, 0.4) is 0 Å². The van der Waals surface area contributed by atoms with Crippen molar-refractivity contribution in [1.29, 1.82) is 0 Å². The third kappa shape index (κ3) is 11.2. The van der Waals surface area contributed by atoms with E-state index in [1.54, 1.807) is 31.5 Å². The van der Waals surface area contributed by atoms with Crippen LogP contribution in [0, 0.1) is 5.92 Å². The standard InChI is InChI=1S/C38H52N6O6/c1-7-14-27-19-21-43(22-20-27)34(46)32(29-17-12-9-13-18-29)44-23-31(39-26-44)41-33(45)30(25-49-24-28-15-10-8-11-16-28)40-35(47)38(5,6)42-36(48)50-37(2,3)4/h8-13,15-18,23,26-27,30,32H,7,14,19-22,24-25H2,1-6H3,(H,40,47)(H,41,45)(H,42,48)/t30-,32?/m1/s1. The minimum atomic E-state index is -1.42. The molecule has 3 aromatic rings. The van der Waals surface area contributed by atoms with Crippen LogP contribution in [0.15, 0.2) is 73.2 Å². The van der Waals surface area contributed by atoms with Gasteiger partial charge >= 0.3 is 6.09 Å². The summed E-state index contributed by atoms with van der Waals surface area (Å²) < 4.78 is 12.9. The van der Waals surface area contributed by atoms with Crippen LogP contribution >= 0.6 is 0 Å². The molecule has 12 nitrogen and oxygen atoms in total. The molecule has 0 spiro atoms. The Bertz CT molecular complexity index is 1560. The van der Waals surface area contributed by atoms with Gasteiger partial charge in [0.2, 0.25) is 11.8 Å². The Balaban J connectivity index is 1.50. The molecule has 2 atom stereocenters. The molecule has 0 aliphatic carbocycles. The van der Waals surface area contributed by atoms with Gasteiger partial charge in [-0.25, -0.2) is 9.78 Å². The minimum Gasteiger partial charge on any atom is -0.444 e. The van der Waals surface area contributed by atoms with Crippen molar-refractivity contribution in [3.63, 3.8) is 0 Å². The molecule has 0 saturated carbocycles. The second-order valence-electron chi connectivity index (χ2n) is 14.3. The molecule has 12 heteroatoms. The molecule has 4 amide bonds. The summed E-state index contributed by atoms with van der Waals surface area (Å²) in [5, 5.41) is 8.07. The molecule has 1 unspecified atom stereocenters. The molecule has 0 radical (unpaired) electrons. The zero-order valence-corrected chi connectivity index (χ0v) is 30.1. The number of hydrogen-bond acceptors (Lipinski definition) is 7. The Morgan fingerprint density at radius 2 is 1.58 bits per heavy atom. The number of anilines is 1. The van der Waals surface area contributed by atoms with Crippen LogP contribution in [-0.4, -0.2) is 75.1 Å². The van der Waals surface area contributed by atoms with Crippen molar-refractivity contribution >= 4 is 29.6 Å². The molecule has 1 aromatic heterocycles. The van der Waals surface area contributed by atoms with Gasteiger partial charge in [0.25, 0.3) is 5.91 Å². The van der Waals surface area contributed by atoms with Gasteiger partial charge in [-0.2, -0.15) is 0 Å². The highest BCUT2D eigenvalue weighted by Crippen LogP contribution is 2.27. The molecule has 2 aromatic carbocycles. The molecule has 0 bridgehead atoms. The van der Waals surface area contributed by atoms with Gasteiger partial charge in [0.15, 0.2) is 5.82 Å². The Hall–Kier alpha value is -4.71. The Kier molecular flexibility index (Phi) is 13.2. The van der Waals surface area contributed by atoms with Crippen LogP contribution in [0.5, 0.6) is 0 Å². The number of rotatable bonds is 14. The Morgan fingerprint density at radius 3 is 2.20 bits per heavy atom. The zero-order chi connectivity index (χ0) is 36.3. The topological polar surface area (TPSA) is 144 Å². The SMILES string of the molecule is CCCC1CCN(C(=O)C(c2ccccc2)n2cnc(NC(=O)[C@@H](COCc3ccccc3)NC(=O)C(C)(C)NC(=O)OC(C)(C)C)c2)CC1. The van der Waals surface area contributed by atoms with Gasteiger partial charge in [-0.15, -0.1) is 0 Å². The first-order valence-electron chi connectivity index (χ1n) is 17.4. The molecule has 50 heavy (non-hydrogen) atoms. The van der Waals surface area contributed by atoms with Crippen molar-refractivity contribution in [2.24, 2.45) is 5.92 Å². The number of amides is 4. The summed E-state index contributed by atoms with van der Waals surface area (Å²) in [4.78, 5) is 59.9. The van der Waals surface area contributed by atoms with E-state index in [2.05, 4.69) is 27.9 Å². The van der Waals surface area contributed by atoms with Crippen LogP contribution in [0.4, 0.5) is 10.6 Å². The summed E-state index contributed by atoms with van der Waals surface area (Å²) in [6, 6.07) is 17.1. The van der Waals surface area contributed by atoms with Crippen molar-refractivity contribution < 1.29 is 28.7 Å². The first kappa shape index (κ1) is 38.1. The van der Waals surface area contributed by atoms with Crippen molar-refractivity contribution in [2.75, 3.05) is 25.0 Å². The molecule has 1 fully saturated rings. The fourth-order valence-corrected chi connectivity index (χ4v) is 5.86. The number of carbonyl (C=O) groups excluding carboxylic acids is 4. The van der Waals surface area contributed by atoms with E-state index in [9.17, 15) is 19.2 Å². The summed E-state index contributed by atoms with van der Waals surface area (Å²) in [6.07, 6.45) is 6.66. The summed E-state index contributed by atoms with van der Waals surface area (Å²) in [7, 11) is 0. The fourth-order valence-electron chi connectivity index (χ4n) is 5.86. The normalized spacial score (nSPS) is 15.1.